The molecule has 0 amide bonds. The maximum absolute atomic E-state index is 10.9. The number of rotatable bonds is 17. The van der Waals surface area contributed by atoms with E-state index in [0.717, 1.165) is 84.1 Å². The van der Waals surface area contributed by atoms with Gasteiger partial charge in [0.25, 0.3) is 5.09 Å². The van der Waals surface area contributed by atoms with Crippen LogP contribution in [0.4, 0.5) is 11.4 Å². The Morgan fingerprint density at radius 1 is 0.791 bits per heavy atom. The van der Waals surface area contributed by atoms with Gasteiger partial charge in [0.15, 0.2) is 0 Å². The van der Waals surface area contributed by atoms with Gasteiger partial charge in [0, 0.05) is 54.2 Å². The molecule has 4 rings (SSSR count). The van der Waals surface area contributed by atoms with E-state index in [4.69, 9.17) is 4.74 Å². The van der Waals surface area contributed by atoms with Crippen LogP contribution in [0, 0.1) is 10.1 Å². The van der Waals surface area contributed by atoms with E-state index in [1.165, 1.54) is 6.26 Å². The standard InChI is InChI=1S/C16H23N3O3S.C14H17N3O3/c1-22-15-8-6-7-13-14(9-12-18-16(13)15)17-10-4-3-5-11-19-23(2,20)21;18-17(19)20-11-5-1-4-9-15-14-8-10-16-13-7-3-2-6-12(13)14/h6-9,12,19H,3-5,10-11H2,1-2H3,(H,17,18);2-3,6-8,10H,1,4-5,9,11H2,(H,15,16). The van der Waals surface area contributed by atoms with Crippen LogP contribution in [-0.2, 0) is 14.9 Å². The second-order valence-electron chi connectivity index (χ2n) is 9.79. The predicted molar refractivity (Wildman–Crippen MR) is 171 cm³/mol. The number of methoxy groups -OCH3 is 1. The first-order valence-corrected chi connectivity index (χ1v) is 16.1. The number of aromatic nitrogens is 2. The highest BCUT2D eigenvalue weighted by atomic mass is 32.2. The summed E-state index contributed by atoms with van der Waals surface area (Å²) in [4.78, 5) is 22.9. The maximum atomic E-state index is 10.9. The number of sulfonamides is 1. The summed E-state index contributed by atoms with van der Waals surface area (Å²) in [7, 11) is -1.44. The van der Waals surface area contributed by atoms with Gasteiger partial charge in [0.05, 0.1) is 25.5 Å². The highest BCUT2D eigenvalue weighted by molar-refractivity contribution is 7.88. The van der Waals surface area contributed by atoms with Crippen molar-refractivity contribution in [3.8, 4) is 5.75 Å². The minimum Gasteiger partial charge on any atom is -0.494 e. The van der Waals surface area contributed by atoms with Gasteiger partial charge in [-0.3, -0.25) is 9.97 Å². The Kier molecular flexibility index (Phi) is 13.7. The summed E-state index contributed by atoms with van der Waals surface area (Å²) in [6, 6.07) is 17.7. The lowest BCUT2D eigenvalue weighted by molar-refractivity contribution is -0.757. The molecule has 13 heteroatoms. The molecule has 232 valence electrons. The Morgan fingerprint density at radius 2 is 1.42 bits per heavy atom. The third kappa shape index (κ3) is 11.9. The molecule has 0 aliphatic rings. The molecule has 43 heavy (non-hydrogen) atoms. The minimum absolute atomic E-state index is 0.172. The molecule has 2 aromatic carbocycles. The van der Waals surface area contributed by atoms with E-state index in [1.807, 2.05) is 54.6 Å². The van der Waals surface area contributed by atoms with E-state index in [1.54, 1.807) is 19.5 Å². The number of benzene rings is 2. The fraction of sp³-hybridized carbons (Fsp3) is 0.400. The number of para-hydroxylation sites is 2. The Balaban J connectivity index is 0.000000238. The van der Waals surface area contributed by atoms with Crippen molar-refractivity contribution in [2.75, 3.05) is 50.2 Å². The van der Waals surface area contributed by atoms with Crippen LogP contribution in [-0.4, -0.2) is 63.1 Å². The van der Waals surface area contributed by atoms with Crippen molar-refractivity contribution in [3.63, 3.8) is 0 Å². The molecule has 0 unspecified atom stereocenters. The number of nitrogens with zero attached hydrogens (tertiary/aromatic N) is 3. The smallest absolute Gasteiger partial charge is 0.294 e. The second kappa shape index (κ2) is 17.7. The molecule has 3 N–H and O–H groups in total. The largest absolute Gasteiger partial charge is 0.494 e. The SMILES string of the molecule is COc1cccc2c(NCCCCCNS(C)(=O)=O)ccnc12.O=[N+]([O-])OCCCCCNc1ccnc2ccccc12. The lowest BCUT2D eigenvalue weighted by Crippen LogP contribution is -2.22. The van der Waals surface area contributed by atoms with E-state index in [9.17, 15) is 18.5 Å². The Labute approximate surface area is 252 Å². The number of unbranched alkanes of at least 4 members (excludes halogenated alkanes) is 4. The van der Waals surface area contributed by atoms with Crippen LogP contribution in [0.15, 0.2) is 67.0 Å². The highest BCUT2D eigenvalue weighted by Crippen LogP contribution is 2.28. The number of ether oxygens (including phenoxy) is 1. The summed E-state index contributed by atoms with van der Waals surface area (Å²) in [5.41, 5.74) is 3.91. The second-order valence-corrected chi connectivity index (χ2v) is 11.6. The number of fused-ring (bicyclic) bond motifs is 2. The first kappa shape index (κ1) is 33.3. The molecular weight excluding hydrogens is 572 g/mol. The molecule has 12 nitrogen and oxygen atoms in total. The van der Waals surface area contributed by atoms with Crippen molar-refractivity contribution in [1.82, 2.24) is 14.7 Å². The first-order valence-electron chi connectivity index (χ1n) is 14.2. The first-order chi connectivity index (χ1) is 20.8. The van der Waals surface area contributed by atoms with Crippen molar-refractivity contribution in [2.45, 2.75) is 38.5 Å². The number of anilines is 2. The van der Waals surface area contributed by atoms with Crippen molar-refractivity contribution < 1.29 is 23.1 Å². The van der Waals surface area contributed by atoms with E-state index in [0.29, 0.717) is 13.0 Å². The lowest BCUT2D eigenvalue weighted by atomic mass is 10.1. The monoisotopic (exact) mass is 612 g/mol. The topological polar surface area (TPSA) is 158 Å². The molecule has 0 aliphatic carbocycles. The van der Waals surface area contributed by atoms with Crippen LogP contribution in [0.3, 0.4) is 0 Å². The maximum Gasteiger partial charge on any atom is 0.294 e. The van der Waals surface area contributed by atoms with Crippen LogP contribution in [0.1, 0.15) is 38.5 Å². The molecule has 0 aliphatic heterocycles. The van der Waals surface area contributed by atoms with Gasteiger partial charge in [-0.15, -0.1) is 10.1 Å². The summed E-state index contributed by atoms with van der Waals surface area (Å²) < 4.78 is 29.7. The molecule has 0 atom stereocenters. The molecule has 0 saturated heterocycles. The highest BCUT2D eigenvalue weighted by Gasteiger charge is 2.06. The van der Waals surface area contributed by atoms with Crippen LogP contribution in [0.2, 0.25) is 0 Å². The molecule has 0 radical (unpaired) electrons. The van der Waals surface area contributed by atoms with Gasteiger partial charge in [-0.2, -0.15) is 0 Å². The Morgan fingerprint density at radius 3 is 2.12 bits per heavy atom. The van der Waals surface area contributed by atoms with Crippen LogP contribution in [0.25, 0.3) is 21.8 Å². The number of nitrogens with one attached hydrogen (secondary N) is 3. The van der Waals surface area contributed by atoms with E-state index in [-0.39, 0.29) is 6.61 Å². The lowest BCUT2D eigenvalue weighted by Gasteiger charge is -2.11. The van der Waals surface area contributed by atoms with E-state index in [2.05, 4.69) is 30.2 Å². The predicted octanol–water partition coefficient (Wildman–Crippen LogP) is 5.40. The third-order valence-electron chi connectivity index (χ3n) is 6.47. The van der Waals surface area contributed by atoms with Gasteiger partial charge >= 0.3 is 0 Å². The van der Waals surface area contributed by atoms with Crippen molar-refractivity contribution in [3.05, 3.63) is 77.1 Å². The molecule has 4 aromatic rings. The van der Waals surface area contributed by atoms with Gasteiger partial charge in [0.1, 0.15) is 11.3 Å². The zero-order chi connectivity index (χ0) is 30.9. The summed E-state index contributed by atoms with van der Waals surface area (Å²) in [5.74, 6) is 0.762. The van der Waals surface area contributed by atoms with Crippen molar-refractivity contribution in [1.29, 1.82) is 0 Å². The molecular formula is C30H40N6O6S. The van der Waals surface area contributed by atoms with Crippen LogP contribution < -0.4 is 20.1 Å². The fourth-order valence-corrected chi connectivity index (χ4v) is 4.91. The number of hydrogen-bond acceptors (Lipinski definition) is 10. The zero-order valence-corrected chi connectivity index (χ0v) is 25.4. The van der Waals surface area contributed by atoms with Crippen molar-refractivity contribution in [2.24, 2.45) is 0 Å². The third-order valence-corrected chi connectivity index (χ3v) is 7.20. The van der Waals surface area contributed by atoms with E-state index < -0.39 is 15.1 Å². The van der Waals surface area contributed by atoms with Gasteiger partial charge in [-0.1, -0.05) is 36.8 Å². The zero-order valence-electron chi connectivity index (χ0n) is 24.6. The van der Waals surface area contributed by atoms with Crippen molar-refractivity contribution >= 4 is 43.2 Å². The summed E-state index contributed by atoms with van der Waals surface area (Å²) in [6.07, 6.45) is 10.0. The van der Waals surface area contributed by atoms with Crippen LogP contribution >= 0.6 is 0 Å². The van der Waals surface area contributed by atoms with Gasteiger partial charge in [-0.25, -0.2) is 13.1 Å². The van der Waals surface area contributed by atoms with Gasteiger partial charge in [-0.05, 0) is 56.4 Å². The minimum atomic E-state index is -3.08. The molecule has 2 heterocycles. The number of pyridine rings is 2. The fourth-order valence-electron chi connectivity index (χ4n) is 4.39. The van der Waals surface area contributed by atoms with E-state index >= 15 is 0 Å². The summed E-state index contributed by atoms with van der Waals surface area (Å²) in [5, 5.41) is 18.1. The van der Waals surface area contributed by atoms with Gasteiger partial charge in [0.2, 0.25) is 10.0 Å². The molecule has 0 saturated carbocycles. The Hall–Kier alpha value is -4.23. The quantitative estimate of drug-likeness (QED) is 0.0801. The molecule has 2 aromatic heterocycles. The molecule has 0 bridgehead atoms. The molecule has 0 fully saturated rings. The Bertz CT molecular complexity index is 1550. The normalized spacial score (nSPS) is 11.0. The van der Waals surface area contributed by atoms with Crippen LogP contribution in [0.5, 0.6) is 5.75 Å². The summed E-state index contributed by atoms with van der Waals surface area (Å²) in [6.45, 7) is 2.32. The summed E-state index contributed by atoms with van der Waals surface area (Å²) >= 11 is 0. The van der Waals surface area contributed by atoms with Gasteiger partial charge < -0.3 is 20.2 Å². The molecule has 0 spiro atoms. The average molecular weight is 613 g/mol. The number of hydrogen-bond donors (Lipinski definition) is 3. The average Bonchev–Trinajstić information content (AvgIpc) is 2.99.